The average molecular weight is 330 g/mol. The Labute approximate surface area is 144 Å². The molecular formula is C19H14N4S. The number of rotatable bonds is 3. The molecule has 3 aromatic carbocycles. The Bertz CT molecular complexity index is 1070. The van der Waals surface area contributed by atoms with Crippen molar-refractivity contribution in [2.75, 3.05) is 0 Å². The summed E-state index contributed by atoms with van der Waals surface area (Å²) in [6, 6.07) is 24.2. The van der Waals surface area contributed by atoms with E-state index in [-0.39, 0.29) is 0 Å². The fraction of sp³-hybridized carbons (Fsp3) is 0. The van der Waals surface area contributed by atoms with E-state index < -0.39 is 0 Å². The molecule has 24 heavy (non-hydrogen) atoms. The molecular weight excluding hydrogens is 316 g/mol. The molecule has 0 amide bonds. The van der Waals surface area contributed by atoms with Crippen LogP contribution < -0.4 is 0 Å². The highest BCUT2D eigenvalue weighted by Gasteiger charge is 2.07. The molecule has 1 N–H and O–H groups in total. The van der Waals surface area contributed by atoms with Crippen LogP contribution in [0.25, 0.3) is 22.2 Å². The molecule has 0 unspecified atom stereocenters. The number of hydrogen-bond acceptors (Lipinski definition) is 3. The molecule has 0 atom stereocenters. The van der Waals surface area contributed by atoms with Crippen LogP contribution in [-0.2, 0) is 0 Å². The summed E-state index contributed by atoms with van der Waals surface area (Å²) in [5, 5.41) is 14.0. The fourth-order valence-corrected chi connectivity index (χ4v) is 2.84. The van der Waals surface area contributed by atoms with Crippen molar-refractivity contribution in [3.63, 3.8) is 0 Å². The third-order valence-corrected chi connectivity index (χ3v) is 4.08. The van der Waals surface area contributed by atoms with E-state index in [0.29, 0.717) is 10.6 Å². The monoisotopic (exact) mass is 330 g/mol. The summed E-state index contributed by atoms with van der Waals surface area (Å²) >= 11 is 5.32. The number of nitrogens with one attached hydrogen (secondary N) is 1. The van der Waals surface area contributed by atoms with Gasteiger partial charge in [-0.25, -0.2) is 5.10 Å². The Morgan fingerprint density at radius 2 is 1.67 bits per heavy atom. The number of fused-ring (bicyclic) bond motifs is 1. The van der Waals surface area contributed by atoms with Crippen LogP contribution in [0.2, 0.25) is 0 Å². The number of nitrogens with zero attached hydrogens (tertiary/aromatic N) is 3. The van der Waals surface area contributed by atoms with Gasteiger partial charge in [-0.3, -0.25) is 0 Å². The third kappa shape index (κ3) is 2.66. The summed E-state index contributed by atoms with van der Waals surface area (Å²) in [6.45, 7) is 0. The van der Waals surface area contributed by atoms with E-state index in [1.807, 2.05) is 60.8 Å². The van der Waals surface area contributed by atoms with Crippen LogP contribution in [0.15, 0.2) is 77.9 Å². The maximum Gasteiger partial charge on any atom is 0.216 e. The van der Waals surface area contributed by atoms with E-state index in [9.17, 15) is 0 Å². The Morgan fingerprint density at radius 3 is 2.54 bits per heavy atom. The molecule has 0 aliphatic carbocycles. The minimum atomic E-state index is 0.463. The van der Waals surface area contributed by atoms with Crippen molar-refractivity contribution in [1.82, 2.24) is 14.9 Å². The lowest BCUT2D eigenvalue weighted by molar-refractivity contribution is 0.872. The van der Waals surface area contributed by atoms with Crippen molar-refractivity contribution in [2.45, 2.75) is 0 Å². The van der Waals surface area contributed by atoms with Gasteiger partial charge in [-0.15, -0.1) is 0 Å². The van der Waals surface area contributed by atoms with Gasteiger partial charge in [0.25, 0.3) is 0 Å². The highest BCUT2D eigenvalue weighted by Crippen LogP contribution is 2.19. The van der Waals surface area contributed by atoms with Crippen LogP contribution in [-0.4, -0.2) is 21.1 Å². The number of hydrogen-bond donors (Lipinski definition) is 1. The van der Waals surface area contributed by atoms with Crippen molar-refractivity contribution in [3.8, 4) is 11.4 Å². The Balaban J connectivity index is 1.80. The SMILES string of the molecule is S=c1[nH]nc(-c2ccccc2)n1/N=C\c1cccc2ccccc12. The number of aromatic nitrogens is 3. The molecule has 0 fully saturated rings. The van der Waals surface area contributed by atoms with Gasteiger partial charge >= 0.3 is 0 Å². The maximum atomic E-state index is 5.32. The third-order valence-electron chi connectivity index (χ3n) is 3.82. The first-order valence-corrected chi connectivity index (χ1v) is 7.99. The van der Waals surface area contributed by atoms with Crippen molar-refractivity contribution in [3.05, 3.63) is 83.1 Å². The predicted octanol–water partition coefficient (Wildman–Crippen LogP) is 4.64. The van der Waals surface area contributed by atoms with Gasteiger partial charge in [0.2, 0.25) is 4.77 Å². The lowest BCUT2D eigenvalue weighted by atomic mass is 10.1. The molecule has 0 bridgehead atoms. The molecule has 0 aliphatic rings. The zero-order valence-corrected chi connectivity index (χ0v) is 13.6. The second-order valence-corrected chi connectivity index (χ2v) is 5.73. The molecule has 1 heterocycles. The first-order chi connectivity index (χ1) is 11.8. The Morgan fingerprint density at radius 1 is 0.917 bits per heavy atom. The highest BCUT2D eigenvalue weighted by molar-refractivity contribution is 7.71. The molecule has 0 saturated carbocycles. The molecule has 0 saturated heterocycles. The maximum absolute atomic E-state index is 5.32. The first-order valence-electron chi connectivity index (χ1n) is 7.58. The highest BCUT2D eigenvalue weighted by atomic mass is 32.1. The van der Waals surface area contributed by atoms with Crippen LogP contribution in [0.4, 0.5) is 0 Å². The Hall–Kier alpha value is -3.05. The van der Waals surface area contributed by atoms with Gasteiger partial charge in [0.1, 0.15) is 0 Å². The van der Waals surface area contributed by atoms with Crippen LogP contribution in [0.5, 0.6) is 0 Å². The van der Waals surface area contributed by atoms with E-state index >= 15 is 0 Å². The van der Waals surface area contributed by atoms with Gasteiger partial charge in [0.15, 0.2) is 5.82 Å². The molecule has 1 aromatic heterocycles. The van der Waals surface area contributed by atoms with Gasteiger partial charge in [0, 0.05) is 11.1 Å². The van der Waals surface area contributed by atoms with E-state index in [1.54, 1.807) is 4.68 Å². The minimum absolute atomic E-state index is 0.463. The van der Waals surface area contributed by atoms with E-state index in [1.165, 1.54) is 5.39 Å². The first kappa shape index (κ1) is 14.5. The summed E-state index contributed by atoms with van der Waals surface area (Å²) in [4.78, 5) is 0. The number of H-pyrrole nitrogens is 1. The molecule has 0 radical (unpaired) electrons. The summed E-state index contributed by atoms with van der Waals surface area (Å²) in [5.74, 6) is 0.692. The van der Waals surface area contributed by atoms with Gasteiger partial charge in [-0.1, -0.05) is 72.8 Å². The van der Waals surface area contributed by atoms with Crippen LogP contribution in [0.1, 0.15) is 5.56 Å². The summed E-state index contributed by atoms with van der Waals surface area (Å²) in [7, 11) is 0. The Kier molecular flexibility index (Phi) is 3.76. The number of benzene rings is 3. The zero-order valence-electron chi connectivity index (χ0n) is 12.8. The summed E-state index contributed by atoms with van der Waals surface area (Å²) in [6.07, 6.45) is 1.82. The molecule has 5 heteroatoms. The fourth-order valence-electron chi connectivity index (χ4n) is 2.66. The van der Waals surface area contributed by atoms with Crippen molar-refractivity contribution < 1.29 is 0 Å². The number of aromatic amines is 1. The molecule has 4 nitrogen and oxygen atoms in total. The van der Waals surface area contributed by atoms with Crippen LogP contribution in [0.3, 0.4) is 0 Å². The quantitative estimate of drug-likeness (QED) is 0.439. The zero-order chi connectivity index (χ0) is 16.4. The van der Waals surface area contributed by atoms with Gasteiger partial charge < -0.3 is 0 Å². The van der Waals surface area contributed by atoms with Crippen molar-refractivity contribution >= 4 is 29.2 Å². The van der Waals surface area contributed by atoms with Gasteiger partial charge in [-0.2, -0.15) is 14.9 Å². The normalized spacial score (nSPS) is 11.3. The standard InChI is InChI=1S/C19H14N4S/c24-19-22-21-18(15-8-2-1-3-9-15)23(19)20-13-16-11-6-10-14-7-4-5-12-17(14)16/h1-13H,(H,22,24)/b20-13-. The smallest absolute Gasteiger partial charge is 0.216 e. The second kappa shape index (κ2) is 6.22. The van der Waals surface area contributed by atoms with Crippen molar-refractivity contribution in [1.29, 1.82) is 0 Å². The second-order valence-electron chi connectivity index (χ2n) is 5.34. The lowest BCUT2D eigenvalue weighted by Gasteiger charge is -2.03. The topological polar surface area (TPSA) is 46.0 Å². The largest absolute Gasteiger partial charge is 0.250 e. The molecule has 0 aliphatic heterocycles. The van der Waals surface area contributed by atoms with Gasteiger partial charge in [0.05, 0.1) is 6.21 Å². The lowest BCUT2D eigenvalue weighted by Crippen LogP contribution is -1.95. The minimum Gasteiger partial charge on any atom is -0.250 e. The summed E-state index contributed by atoms with van der Waals surface area (Å²) in [5.41, 5.74) is 2.00. The van der Waals surface area contributed by atoms with E-state index in [2.05, 4.69) is 33.5 Å². The molecule has 4 rings (SSSR count). The molecule has 4 aromatic rings. The van der Waals surface area contributed by atoms with E-state index in [0.717, 1.165) is 16.5 Å². The van der Waals surface area contributed by atoms with Crippen LogP contribution in [0, 0.1) is 4.77 Å². The predicted molar refractivity (Wildman–Crippen MR) is 99.8 cm³/mol. The molecule has 0 spiro atoms. The average Bonchev–Trinajstić information content (AvgIpc) is 3.01. The van der Waals surface area contributed by atoms with Crippen molar-refractivity contribution in [2.24, 2.45) is 5.10 Å². The van der Waals surface area contributed by atoms with E-state index in [4.69, 9.17) is 12.2 Å². The molecule has 116 valence electrons. The summed E-state index contributed by atoms with van der Waals surface area (Å²) < 4.78 is 2.11. The van der Waals surface area contributed by atoms with Crippen LogP contribution >= 0.6 is 12.2 Å². The van der Waals surface area contributed by atoms with Gasteiger partial charge in [-0.05, 0) is 23.0 Å².